The van der Waals surface area contributed by atoms with Gasteiger partial charge in [-0.25, -0.2) is 0 Å². The molecule has 2 aliphatic heterocycles. The van der Waals surface area contributed by atoms with Crippen molar-refractivity contribution in [2.45, 2.75) is 83.0 Å². The molecule has 3 atom stereocenters. The second kappa shape index (κ2) is 12.7. The third-order valence-electron chi connectivity index (χ3n) is 4.81. The molecule has 2 N–H and O–H groups in total. The number of nitrogens with one attached hydrogen (secondary N) is 2. The number of nitrogens with zero attached hydrogens (tertiary/aromatic N) is 1. The van der Waals surface area contributed by atoms with E-state index >= 15 is 0 Å². The van der Waals surface area contributed by atoms with Crippen LogP contribution < -0.4 is 10.6 Å². The zero-order valence-corrected chi connectivity index (χ0v) is 17.9. The molecule has 146 valence electrons. The molecule has 2 bridgehead atoms. The van der Waals surface area contributed by atoms with Crippen molar-refractivity contribution >= 4 is 35.9 Å². The van der Waals surface area contributed by atoms with Crippen molar-refractivity contribution in [3.8, 4) is 0 Å². The summed E-state index contributed by atoms with van der Waals surface area (Å²) in [7, 11) is 1.82. The minimum atomic E-state index is -0.0707. The first kappa shape index (κ1) is 22.5. The van der Waals surface area contributed by atoms with E-state index in [9.17, 15) is 4.79 Å². The molecule has 2 rings (SSSR count). The molecule has 6 nitrogen and oxygen atoms in total. The number of rotatable bonds is 10. The monoisotopic (exact) mass is 467 g/mol. The molecule has 0 aliphatic carbocycles. The summed E-state index contributed by atoms with van der Waals surface area (Å²) in [6, 6.07) is 0.415. The van der Waals surface area contributed by atoms with Crippen LogP contribution in [0, 0.1) is 0 Å². The summed E-state index contributed by atoms with van der Waals surface area (Å²) < 4.78 is 10.8. The van der Waals surface area contributed by atoms with Gasteiger partial charge in [-0.2, -0.15) is 0 Å². The maximum atomic E-state index is 11.2. The van der Waals surface area contributed by atoms with Crippen LogP contribution in [0.15, 0.2) is 4.99 Å². The van der Waals surface area contributed by atoms with Gasteiger partial charge in [-0.05, 0) is 39.0 Å². The highest BCUT2D eigenvalue weighted by Gasteiger charge is 2.41. The van der Waals surface area contributed by atoms with Crippen molar-refractivity contribution < 1.29 is 14.3 Å². The van der Waals surface area contributed by atoms with E-state index in [4.69, 9.17) is 9.47 Å². The number of halogens is 1. The molecule has 2 fully saturated rings. The van der Waals surface area contributed by atoms with Gasteiger partial charge in [-0.15, -0.1) is 24.0 Å². The number of fused-ring (bicyclic) bond motifs is 2. The van der Waals surface area contributed by atoms with Crippen molar-refractivity contribution in [1.82, 2.24) is 10.6 Å². The Bertz CT molecular complexity index is 420. The lowest BCUT2D eigenvalue weighted by Crippen LogP contribution is -2.47. The maximum absolute atomic E-state index is 11.2. The number of guanidine groups is 1. The third-order valence-corrected chi connectivity index (χ3v) is 4.81. The normalized spacial score (nSPS) is 24.7. The summed E-state index contributed by atoms with van der Waals surface area (Å²) in [4.78, 5) is 15.5. The van der Waals surface area contributed by atoms with Gasteiger partial charge >= 0.3 is 5.97 Å². The van der Waals surface area contributed by atoms with E-state index in [0.717, 1.165) is 44.6 Å². The van der Waals surface area contributed by atoms with Crippen LogP contribution in [0.2, 0.25) is 0 Å². The molecule has 25 heavy (non-hydrogen) atoms. The second-order valence-corrected chi connectivity index (χ2v) is 6.68. The van der Waals surface area contributed by atoms with Gasteiger partial charge in [0.2, 0.25) is 0 Å². The van der Waals surface area contributed by atoms with Crippen molar-refractivity contribution in [3.05, 3.63) is 0 Å². The first-order valence-corrected chi connectivity index (χ1v) is 9.51. The number of aliphatic imine (C=N–C) groups is 1. The number of esters is 1. The van der Waals surface area contributed by atoms with Gasteiger partial charge in [0.05, 0.1) is 24.9 Å². The summed E-state index contributed by atoms with van der Waals surface area (Å²) in [6.45, 7) is 3.26. The highest BCUT2D eigenvalue weighted by Crippen LogP contribution is 2.34. The Morgan fingerprint density at radius 3 is 2.60 bits per heavy atom. The third kappa shape index (κ3) is 8.11. The topological polar surface area (TPSA) is 72.0 Å². The number of carbonyl (C=O) groups is 1. The van der Waals surface area contributed by atoms with E-state index in [1.807, 2.05) is 14.0 Å². The van der Waals surface area contributed by atoms with Crippen molar-refractivity contribution in [2.75, 3.05) is 20.2 Å². The van der Waals surface area contributed by atoms with Crippen LogP contribution in [0.25, 0.3) is 0 Å². The van der Waals surface area contributed by atoms with Gasteiger partial charge in [0.15, 0.2) is 5.96 Å². The molecule has 3 unspecified atom stereocenters. The summed E-state index contributed by atoms with van der Waals surface area (Å²) in [6.07, 6.45) is 10.3. The largest absolute Gasteiger partial charge is 0.466 e. The second-order valence-electron chi connectivity index (χ2n) is 6.68. The van der Waals surface area contributed by atoms with E-state index in [-0.39, 0.29) is 29.9 Å². The van der Waals surface area contributed by atoms with Crippen LogP contribution in [0.5, 0.6) is 0 Å². The van der Waals surface area contributed by atoms with E-state index in [1.165, 1.54) is 19.3 Å². The molecular weight excluding hydrogens is 433 g/mol. The van der Waals surface area contributed by atoms with E-state index in [2.05, 4.69) is 15.6 Å². The van der Waals surface area contributed by atoms with Gasteiger partial charge < -0.3 is 20.1 Å². The molecule has 0 radical (unpaired) electrons. The molecular formula is C18H34IN3O3. The predicted molar refractivity (Wildman–Crippen MR) is 111 cm³/mol. The highest BCUT2D eigenvalue weighted by atomic mass is 127. The molecule has 0 aromatic heterocycles. The van der Waals surface area contributed by atoms with Crippen LogP contribution in [0.4, 0.5) is 0 Å². The predicted octanol–water partition coefficient (Wildman–Crippen LogP) is 2.99. The first-order chi connectivity index (χ1) is 11.7. The lowest BCUT2D eigenvalue weighted by Gasteiger charge is -2.22. The summed E-state index contributed by atoms with van der Waals surface area (Å²) >= 11 is 0. The van der Waals surface area contributed by atoms with Crippen LogP contribution in [-0.4, -0.2) is 50.4 Å². The fraction of sp³-hybridized carbons (Fsp3) is 0.889. The molecule has 2 aliphatic rings. The average molecular weight is 467 g/mol. The van der Waals surface area contributed by atoms with Gasteiger partial charge in [0, 0.05) is 20.0 Å². The molecule has 0 spiro atoms. The van der Waals surface area contributed by atoms with Crippen molar-refractivity contribution in [3.63, 3.8) is 0 Å². The quantitative estimate of drug-likeness (QED) is 0.170. The van der Waals surface area contributed by atoms with Crippen molar-refractivity contribution in [1.29, 1.82) is 0 Å². The summed E-state index contributed by atoms with van der Waals surface area (Å²) in [5.74, 6) is 0.817. The Hall–Kier alpha value is -0.570. The Balaban J connectivity index is 0.00000312. The van der Waals surface area contributed by atoms with Crippen LogP contribution >= 0.6 is 24.0 Å². The standard InChI is InChI=1S/C18H33N3O3.HI/c1-3-23-17(22)9-7-5-4-6-8-12-20-18(19-2)21-15-13-14-10-11-16(15)24-14;/h14-16H,3-13H2,1-2H3,(H2,19,20,21);1H. The fourth-order valence-electron chi connectivity index (χ4n) is 3.52. The van der Waals surface area contributed by atoms with Crippen molar-refractivity contribution in [2.24, 2.45) is 4.99 Å². The van der Waals surface area contributed by atoms with Gasteiger partial charge in [-0.3, -0.25) is 9.79 Å². The minimum absolute atomic E-state index is 0. The van der Waals surface area contributed by atoms with Crippen LogP contribution in [0.1, 0.15) is 64.7 Å². The smallest absolute Gasteiger partial charge is 0.305 e. The molecule has 7 heteroatoms. The maximum Gasteiger partial charge on any atom is 0.305 e. The Labute approximate surface area is 168 Å². The number of unbranched alkanes of at least 4 members (excludes halogenated alkanes) is 4. The Kier molecular flexibility index (Phi) is 11.4. The zero-order valence-electron chi connectivity index (χ0n) is 15.6. The average Bonchev–Trinajstić information content (AvgIpc) is 3.19. The number of carbonyl (C=O) groups excluding carboxylic acids is 1. The molecule has 2 saturated heterocycles. The van der Waals surface area contributed by atoms with E-state index < -0.39 is 0 Å². The molecule has 0 amide bonds. The van der Waals surface area contributed by atoms with Gasteiger partial charge in [0.1, 0.15) is 0 Å². The molecule has 0 aromatic rings. The molecule has 0 saturated carbocycles. The lowest BCUT2D eigenvalue weighted by molar-refractivity contribution is -0.143. The zero-order chi connectivity index (χ0) is 17.2. The Morgan fingerprint density at radius 2 is 1.96 bits per heavy atom. The number of ether oxygens (including phenoxy) is 2. The number of hydrogen-bond donors (Lipinski definition) is 2. The van der Waals surface area contributed by atoms with Gasteiger partial charge in [-0.1, -0.05) is 19.3 Å². The van der Waals surface area contributed by atoms with Gasteiger partial charge in [0.25, 0.3) is 0 Å². The highest BCUT2D eigenvalue weighted by molar-refractivity contribution is 14.0. The van der Waals surface area contributed by atoms with Crippen LogP contribution in [0.3, 0.4) is 0 Å². The fourth-order valence-corrected chi connectivity index (χ4v) is 3.52. The van der Waals surface area contributed by atoms with Crippen LogP contribution in [-0.2, 0) is 14.3 Å². The summed E-state index contributed by atoms with van der Waals surface area (Å²) in [5, 5.41) is 6.89. The SMILES string of the molecule is CCOC(=O)CCCCCCCNC(=NC)NC1CC2CCC1O2.I. The van der Waals surface area contributed by atoms with E-state index in [1.54, 1.807) is 0 Å². The molecule has 0 aromatic carbocycles. The number of hydrogen-bond acceptors (Lipinski definition) is 4. The lowest BCUT2D eigenvalue weighted by atomic mass is 9.96. The summed E-state index contributed by atoms with van der Waals surface area (Å²) in [5.41, 5.74) is 0. The molecule has 2 heterocycles. The van der Waals surface area contributed by atoms with E-state index in [0.29, 0.717) is 31.3 Å². The Morgan fingerprint density at radius 1 is 1.20 bits per heavy atom. The minimum Gasteiger partial charge on any atom is -0.466 e. The first-order valence-electron chi connectivity index (χ1n) is 9.51.